The molecular weight excluding hydrogens is 260 g/mol. The normalized spacial score (nSPS) is 26.1. The third kappa shape index (κ3) is 2.20. The zero-order chi connectivity index (χ0) is 14.9. The Hall–Kier alpha value is -2.50. The zero-order valence-corrected chi connectivity index (χ0v) is 11.0. The Labute approximate surface area is 115 Å². The predicted molar refractivity (Wildman–Crippen MR) is 70.1 cm³/mol. The molecule has 2 heterocycles. The maximum Gasteiger partial charge on any atom is 0.262 e. The molecule has 0 saturated carbocycles. The molecule has 6 heteroatoms. The number of nitrogens with zero attached hydrogens (tertiary/aromatic N) is 1. The molecule has 4 amide bonds. The Kier molecular flexibility index (Phi) is 3.65. The van der Waals surface area contributed by atoms with Gasteiger partial charge in [0.2, 0.25) is 11.8 Å². The highest BCUT2D eigenvalue weighted by molar-refractivity contribution is 6.26. The highest BCUT2D eigenvalue weighted by atomic mass is 16.2. The van der Waals surface area contributed by atoms with Crippen LogP contribution in [0.5, 0.6) is 0 Å². The second kappa shape index (κ2) is 5.24. The maximum atomic E-state index is 12.2. The fourth-order valence-electron chi connectivity index (χ4n) is 2.19. The van der Waals surface area contributed by atoms with Gasteiger partial charge < -0.3 is 0 Å². The summed E-state index contributed by atoms with van der Waals surface area (Å²) in [6.07, 6.45) is 5.08. The molecule has 0 aromatic heterocycles. The van der Waals surface area contributed by atoms with Gasteiger partial charge in [-0.15, -0.1) is 0 Å². The Morgan fingerprint density at radius 1 is 1.25 bits per heavy atom. The van der Waals surface area contributed by atoms with Crippen molar-refractivity contribution >= 4 is 23.6 Å². The number of hydrogen-bond donors (Lipinski definition) is 1. The zero-order valence-electron chi connectivity index (χ0n) is 11.0. The largest absolute Gasteiger partial charge is 0.295 e. The van der Waals surface area contributed by atoms with E-state index < -0.39 is 29.7 Å². The van der Waals surface area contributed by atoms with E-state index in [1.807, 2.05) is 0 Å². The van der Waals surface area contributed by atoms with Crippen LogP contribution in [0.1, 0.15) is 19.8 Å². The quantitative estimate of drug-likeness (QED) is 0.576. The lowest BCUT2D eigenvalue weighted by Gasteiger charge is -2.27. The van der Waals surface area contributed by atoms with Crippen molar-refractivity contribution in [1.29, 1.82) is 0 Å². The molecular formula is C14H14N2O4. The Morgan fingerprint density at radius 2 is 1.95 bits per heavy atom. The highest BCUT2D eigenvalue weighted by Crippen LogP contribution is 2.28. The number of allylic oxidation sites excluding steroid dienone is 3. The molecule has 2 fully saturated rings. The van der Waals surface area contributed by atoms with Gasteiger partial charge in [-0.25, -0.2) is 0 Å². The van der Waals surface area contributed by atoms with E-state index in [0.717, 1.165) is 4.90 Å². The third-order valence-electron chi connectivity index (χ3n) is 3.23. The molecule has 0 spiro atoms. The average Bonchev–Trinajstić information content (AvgIpc) is 2.60. The molecule has 6 nitrogen and oxygen atoms in total. The molecule has 20 heavy (non-hydrogen) atoms. The van der Waals surface area contributed by atoms with Crippen molar-refractivity contribution in [2.75, 3.05) is 0 Å². The van der Waals surface area contributed by atoms with Crippen LogP contribution < -0.4 is 5.32 Å². The van der Waals surface area contributed by atoms with Crippen LogP contribution in [-0.4, -0.2) is 34.6 Å². The molecule has 1 N–H and O–H groups in total. The van der Waals surface area contributed by atoms with E-state index in [0.29, 0.717) is 0 Å². The highest BCUT2D eigenvalue weighted by Gasteiger charge is 2.45. The van der Waals surface area contributed by atoms with Gasteiger partial charge >= 0.3 is 0 Å². The Balaban J connectivity index is 2.31. The van der Waals surface area contributed by atoms with Crippen LogP contribution in [0.3, 0.4) is 0 Å². The van der Waals surface area contributed by atoms with E-state index >= 15 is 0 Å². The Morgan fingerprint density at radius 3 is 2.55 bits per heavy atom. The minimum absolute atomic E-state index is 0.0674. The van der Waals surface area contributed by atoms with E-state index in [1.54, 1.807) is 19.1 Å². The van der Waals surface area contributed by atoms with Crippen LogP contribution in [0.2, 0.25) is 0 Å². The minimum Gasteiger partial charge on any atom is -0.295 e. The van der Waals surface area contributed by atoms with Crippen LogP contribution in [0.15, 0.2) is 36.0 Å². The van der Waals surface area contributed by atoms with Gasteiger partial charge in [0.25, 0.3) is 11.8 Å². The summed E-state index contributed by atoms with van der Waals surface area (Å²) in [4.78, 5) is 48.1. The number of likely N-dealkylation sites (tertiary alicyclic amines) is 1. The number of nitrogens with one attached hydrogen (secondary N) is 1. The van der Waals surface area contributed by atoms with E-state index in [1.165, 1.54) is 6.08 Å². The molecule has 0 bridgehead atoms. The van der Waals surface area contributed by atoms with Crippen molar-refractivity contribution in [2.24, 2.45) is 0 Å². The summed E-state index contributed by atoms with van der Waals surface area (Å²) < 4.78 is 0. The lowest BCUT2D eigenvalue weighted by Crippen LogP contribution is -2.54. The number of amides is 4. The van der Waals surface area contributed by atoms with Gasteiger partial charge in [0.1, 0.15) is 6.04 Å². The van der Waals surface area contributed by atoms with Gasteiger partial charge in [-0.3, -0.25) is 29.4 Å². The number of hydrogen-bond acceptors (Lipinski definition) is 4. The first-order valence-corrected chi connectivity index (χ1v) is 6.21. The van der Waals surface area contributed by atoms with Crippen LogP contribution in [-0.2, 0) is 19.2 Å². The second-order valence-corrected chi connectivity index (χ2v) is 4.53. The average molecular weight is 274 g/mol. The van der Waals surface area contributed by atoms with Crippen molar-refractivity contribution < 1.29 is 19.2 Å². The smallest absolute Gasteiger partial charge is 0.262 e. The SMILES string of the molecule is C=C1C(=O)N([C@H]2CCC(=O)NC2=O)C(=O)/C1=C/C=C\C. The van der Waals surface area contributed by atoms with Gasteiger partial charge in [0.05, 0.1) is 5.57 Å². The monoisotopic (exact) mass is 274 g/mol. The van der Waals surface area contributed by atoms with E-state index in [4.69, 9.17) is 0 Å². The fraction of sp³-hybridized carbons (Fsp3) is 0.286. The van der Waals surface area contributed by atoms with Gasteiger partial charge in [-0.2, -0.15) is 0 Å². The standard InChI is InChI=1S/C14H14N2O4/c1-3-4-5-9-8(2)13(19)16(14(9)20)10-6-7-11(17)15-12(10)18/h3-5,10H,2,6-7H2,1H3,(H,15,17,18)/b4-3-,9-5+/t10-/m0/s1. The summed E-state index contributed by atoms with van der Waals surface area (Å²) in [6.45, 7) is 5.37. The van der Waals surface area contributed by atoms with Crippen molar-refractivity contribution in [2.45, 2.75) is 25.8 Å². The number of carbonyl (C=O) groups excluding carboxylic acids is 4. The lowest BCUT2D eigenvalue weighted by molar-refractivity contribution is -0.149. The third-order valence-corrected chi connectivity index (χ3v) is 3.23. The molecule has 0 aromatic rings. The van der Waals surface area contributed by atoms with Gasteiger partial charge in [0, 0.05) is 12.0 Å². The van der Waals surface area contributed by atoms with Gasteiger partial charge in [-0.05, 0) is 19.4 Å². The van der Waals surface area contributed by atoms with Crippen LogP contribution in [0, 0.1) is 0 Å². The van der Waals surface area contributed by atoms with Crippen molar-refractivity contribution in [3.8, 4) is 0 Å². The number of rotatable bonds is 2. The van der Waals surface area contributed by atoms with Crippen LogP contribution in [0.4, 0.5) is 0 Å². The molecule has 2 rings (SSSR count). The number of imide groups is 2. The molecule has 104 valence electrons. The molecule has 2 aliphatic rings. The van der Waals surface area contributed by atoms with Crippen molar-refractivity contribution in [3.05, 3.63) is 36.0 Å². The summed E-state index contributed by atoms with van der Waals surface area (Å²) in [7, 11) is 0. The maximum absolute atomic E-state index is 12.2. The first-order valence-electron chi connectivity index (χ1n) is 6.21. The first kappa shape index (κ1) is 13.9. The topological polar surface area (TPSA) is 83.6 Å². The molecule has 1 atom stereocenters. The molecule has 0 aromatic carbocycles. The van der Waals surface area contributed by atoms with Crippen LogP contribution >= 0.6 is 0 Å². The first-order chi connectivity index (χ1) is 9.47. The van der Waals surface area contributed by atoms with E-state index in [2.05, 4.69) is 11.9 Å². The van der Waals surface area contributed by atoms with Gasteiger partial charge in [-0.1, -0.05) is 18.7 Å². The number of carbonyl (C=O) groups is 4. The molecule has 0 unspecified atom stereocenters. The Bertz CT molecular complexity index is 586. The predicted octanol–water partition coefficient (Wildman–Crippen LogP) is 0.219. The summed E-state index contributed by atoms with van der Waals surface area (Å²) in [6, 6.07) is -0.944. The summed E-state index contributed by atoms with van der Waals surface area (Å²) in [5.41, 5.74) is 0.246. The molecule has 2 aliphatic heterocycles. The molecule has 2 saturated heterocycles. The summed E-state index contributed by atoms with van der Waals surface area (Å²) in [5.74, 6) is -2.15. The minimum atomic E-state index is -0.944. The van der Waals surface area contributed by atoms with Crippen molar-refractivity contribution in [1.82, 2.24) is 10.2 Å². The van der Waals surface area contributed by atoms with Crippen molar-refractivity contribution in [3.63, 3.8) is 0 Å². The van der Waals surface area contributed by atoms with E-state index in [-0.39, 0.29) is 24.0 Å². The summed E-state index contributed by atoms with van der Waals surface area (Å²) in [5, 5.41) is 2.13. The fourth-order valence-corrected chi connectivity index (χ4v) is 2.19. The second-order valence-electron chi connectivity index (χ2n) is 4.53. The van der Waals surface area contributed by atoms with E-state index in [9.17, 15) is 19.2 Å². The molecule has 0 radical (unpaired) electrons. The molecule has 0 aliphatic carbocycles. The van der Waals surface area contributed by atoms with Crippen LogP contribution in [0.25, 0.3) is 0 Å². The summed E-state index contributed by atoms with van der Waals surface area (Å²) >= 11 is 0. The lowest BCUT2D eigenvalue weighted by atomic mass is 10.0. The van der Waals surface area contributed by atoms with Gasteiger partial charge in [0.15, 0.2) is 0 Å². The number of piperidine rings is 1.